The SMILES string of the molecule is CC1CCN(S(=O)(=O)c2cccc(C(=O)N(C)Cc3ccccc3)c2)CC1. The highest BCUT2D eigenvalue weighted by molar-refractivity contribution is 7.89. The van der Waals surface area contributed by atoms with Crippen LogP contribution in [0.2, 0.25) is 0 Å². The van der Waals surface area contributed by atoms with E-state index < -0.39 is 10.0 Å². The first-order chi connectivity index (χ1) is 12.9. The summed E-state index contributed by atoms with van der Waals surface area (Å²) in [5, 5.41) is 0. The molecule has 27 heavy (non-hydrogen) atoms. The molecule has 0 spiro atoms. The molecule has 0 aliphatic carbocycles. The smallest absolute Gasteiger partial charge is 0.253 e. The van der Waals surface area contributed by atoms with Crippen LogP contribution >= 0.6 is 0 Å². The number of nitrogens with zero attached hydrogens (tertiary/aromatic N) is 2. The molecule has 1 heterocycles. The van der Waals surface area contributed by atoms with Crippen LogP contribution in [0.3, 0.4) is 0 Å². The summed E-state index contributed by atoms with van der Waals surface area (Å²) in [7, 11) is -1.84. The topological polar surface area (TPSA) is 57.7 Å². The fourth-order valence-corrected chi connectivity index (χ4v) is 4.83. The van der Waals surface area contributed by atoms with Crippen LogP contribution in [0.5, 0.6) is 0 Å². The van der Waals surface area contributed by atoms with E-state index in [0.29, 0.717) is 31.1 Å². The quantitative estimate of drug-likeness (QED) is 0.792. The highest BCUT2D eigenvalue weighted by Gasteiger charge is 2.28. The Balaban J connectivity index is 1.77. The zero-order chi connectivity index (χ0) is 19.4. The van der Waals surface area contributed by atoms with Gasteiger partial charge in [-0.05, 0) is 42.5 Å². The van der Waals surface area contributed by atoms with Crippen LogP contribution in [0.15, 0.2) is 59.5 Å². The fourth-order valence-electron chi connectivity index (χ4n) is 3.31. The van der Waals surface area contributed by atoms with Gasteiger partial charge in [0.2, 0.25) is 10.0 Å². The van der Waals surface area contributed by atoms with Gasteiger partial charge in [-0.15, -0.1) is 0 Å². The van der Waals surface area contributed by atoms with Crippen molar-refractivity contribution in [3.63, 3.8) is 0 Å². The molecule has 2 aromatic carbocycles. The number of hydrogen-bond acceptors (Lipinski definition) is 3. The molecule has 5 nitrogen and oxygen atoms in total. The number of piperidine rings is 1. The third-order valence-corrected chi connectivity index (χ3v) is 6.97. The van der Waals surface area contributed by atoms with Gasteiger partial charge in [-0.3, -0.25) is 4.79 Å². The average Bonchev–Trinajstić information content (AvgIpc) is 2.68. The lowest BCUT2D eigenvalue weighted by Crippen LogP contribution is -2.38. The van der Waals surface area contributed by atoms with Crippen molar-refractivity contribution in [3.8, 4) is 0 Å². The van der Waals surface area contributed by atoms with Crippen LogP contribution in [0.25, 0.3) is 0 Å². The molecule has 0 bridgehead atoms. The highest BCUT2D eigenvalue weighted by Crippen LogP contribution is 2.24. The van der Waals surface area contributed by atoms with Crippen LogP contribution in [-0.4, -0.2) is 43.7 Å². The molecule has 1 amide bonds. The van der Waals surface area contributed by atoms with Crippen molar-refractivity contribution in [1.82, 2.24) is 9.21 Å². The largest absolute Gasteiger partial charge is 0.337 e. The zero-order valence-electron chi connectivity index (χ0n) is 15.8. The lowest BCUT2D eigenvalue weighted by atomic mass is 10.0. The second kappa shape index (κ2) is 8.23. The van der Waals surface area contributed by atoms with E-state index >= 15 is 0 Å². The molecule has 0 atom stereocenters. The van der Waals surface area contributed by atoms with Crippen LogP contribution < -0.4 is 0 Å². The standard InChI is InChI=1S/C21H26N2O3S/c1-17-11-13-23(14-12-17)27(25,26)20-10-6-9-19(15-20)21(24)22(2)16-18-7-4-3-5-8-18/h3-10,15,17H,11-14,16H2,1-2H3. The third-order valence-electron chi connectivity index (χ3n) is 5.07. The van der Waals surface area contributed by atoms with Crippen molar-refractivity contribution in [2.75, 3.05) is 20.1 Å². The maximum absolute atomic E-state index is 12.9. The predicted octanol–water partition coefficient (Wildman–Crippen LogP) is 3.38. The van der Waals surface area contributed by atoms with Crippen molar-refractivity contribution in [2.45, 2.75) is 31.2 Å². The summed E-state index contributed by atoms with van der Waals surface area (Å²) in [6, 6.07) is 16.1. The number of amides is 1. The Morgan fingerprint density at radius 1 is 1.07 bits per heavy atom. The molecule has 0 aromatic heterocycles. The number of carbonyl (C=O) groups excluding carboxylic acids is 1. The van der Waals surface area contributed by atoms with Crippen molar-refractivity contribution in [2.24, 2.45) is 5.92 Å². The average molecular weight is 387 g/mol. The van der Waals surface area contributed by atoms with Crippen LogP contribution in [0, 0.1) is 5.92 Å². The van der Waals surface area contributed by atoms with Crippen molar-refractivity contribution in [1.29, 1.82) is 0 Å². The van der Waals surface area contributed by atoms with Gasteiger partial charge in [0.1, 0.15) is 0 Å². The predicted molar refractivity (Wildman–Crippen MR) is 106 cm³/mol. The molecular formula is C21H26N2O3S. The van der Waals surface area contributed by atoms with E-state index in [4.69, 9.17) is 0 Å². The minimum Gasteiger partial charge on any atom is -0.337 e. The van der Waals surface area contributed by atoms with Crippen LogP contribution in [0.4, 0.5) is 0 Å². The molecule has 1 saturated heterocycles. The van der Waals surface area contributed by atoms with Crippen LogP contribution in [-0.2, 0) is 16.6 Å². The Bertz CT molecular complexity index is 889. The summed E-state index contributed by atoms with van der Waals surface area (Å²) >= 11 is 0. The number of carbonyl (C=O) groups is 1. The Morgan fingerprint density at radius 2 is 1.74 bits per heavy atom. The monoisotopic (exact) mass is 386 g/mol. The lowest BCUT2D eigenvalue weighted by molar-refractivity contribution is 0.0785. The molecule has 1 aliphatic heterocycles. The van der Waals surface area contributed by atoms with E-state index in [-0.39, 0.29) is 10.8 Å². The van der Waals surface area contributed by atoms with E-state index in [1.54, 1.807) is 30.1 Å². The zero-order valence-corrected chi connectivity index (χ0v) is 16.7. The van der Waals surface area contributed by atoms with Gasteiger partial charge in [0, 0.05) is 32.2 Å². The van der Waals surface area contributed by atoms with Gasteiger partial charge >= 0.3 is 0 Å². The molecule has 1 aliphatic rings. The number of rotatable bonds is 5. The van der Waals surface area contributed by atoms with Gasteiger partial charge in [0.15, 0.2) is 0 Å². The van der Waals surface area contributed by atoms with Gasteiger partial charge in [0.25, 0.3) is 5.91 Å². The van der Waals surface area contributed by atoms with E-state index in [9.17, 15) is 13.2 Å². The number of benzene rings is 2. The molecule has 2 aromatic rings. The fraction of sp³-hybridized carbons (Fsp3) is 0.381. The molecule has 144 valence electrons. The van der Waals surface area contributed by atoms with E-state index in [0.717, 1.165) is 18.4 Å². The van der Waals surface area contributed by atoms with E-state index in [2.05, 4.69) is 6.92 Å². The summed E-state index contributed by atoms with van der Waals surface area (Å²) in [6.45, 7) is 3.69. The summed E-state index contributed by atoms with van der Waals surface area (Å²) in [4.78, 5) is 14.6. The molecule has 6 heteroatoms. The number of hydrogen-bond donors (Lipinski definition) is 0. The summed E-state index contributed by atoms with van der Waals surface area (Å²) in [5.41, 5.74) is 1.42. The summed E-state index contributed by atoms with van der Waals surface area (Å²) in [6.07, 6.45) is 1.75. The van der Waals surface area contributed by atoms with E-state index in [1.165, 1.54) is 10.4 Å². The van der Waals surface area contributed by atoms with Gasteiger partial charge in [0.05, 0.1) is 4.90 Å². The molecular weight excluding hydrogens is 360 g/mol. The van der Waals surface area contributed by atoms with Gasteiger partial charge in [-0.2, -0.15) is 4.31 Å². The van der Waals surface area contributed by atoms with E-state index in [1.807, 2.05) is 30.3 Å². The van der Waals surface area contributed by atoms with Crippen molar-refractivity contribution < 1.29 is 13.2 Å². The van der Waals surface area contributed by atoms with Gasteiger partial charge < -0.3 is 4.90 Å². The van der Waals surface area contributed by atoms with Crippen LogP contribution in [0.1, 0.15) is 35.7 Å². The first kappa shape index (κ1) is 19.6. The van der Waals surface area contributed by atoms with Gasteiger partial charge in [-0.1, -0.05) is 43.3 Å². The molecule has 0 saturated carbocycles. The highest BCUT2D eigenvalue weighted by atomic mass is 32.2. The molecule has 0 radical (unpaired) electrons. The number of sulfonamides is 1. The molecule has 0 unspecified atom stereocenters. The lowest BCUT2D eigenvalue weighted by Gasteiger charge is -2.29. The maximum atomic E-state index is 12.9. The minimum atomic E-state index is -3.56. The normalized spacial score (nSPS) is 16.2. The first-order valence-corrected chi connectivity index (χ1v) is 10.7. The summed E-state index contributed by atoms with van der Waals surface area (Å²) in [5.74, 6) is 0.360. The minimum absolute atomic E-state index is 0.191. The summed E-state index contributed by atoms with van der Waals surface area (Å²) < 4.78 is 27.4. The molecule has 0 N–H and O–H groups in total. The third kappa shape index (κ3) is 4.57. The first-order valence-electron chi connectivity index (χ1n) is 9.27. The second-order valence-electron chi connectivity index (χ2n) is 7.26. The van der Waals surface area contributed by atoms with Crippen molar-refractivity contribution >= 4 is 15.9 Å². The Labute approximate surface area is 161 Å². The molecule has 3 rings (SSSR count). The Morgan fingerprint density at radius 3 is 2.41 bits per heavy atom. The second-order valence-corrected chi connectivity index (χ2v) is 9.20. The Kier molecular flexibility index (Phi) is 5.97. The Hall–Kier alpha value is -2.18. The molecule has 1 fully saturated rings. The maximum Gasteiger partial charge on any atom is 0.253 e. The van der Waals surface area contributed by atoms with Gasteiger partial charge in [-0.25, -0.2) is 8.42 Å². The van der Waals surface area contributed by atoms with Crippen molar-refractivity contribution in [3.05, 3.63) is 65.7 Å².